The zero-order chi connectivity index (χ0) is 29.1. The molecule has 2 heterocycles. The lowest BCUT2D eigenvalue weighted by Gasteiger charge is -2.44. The standard InChI is InChI=1S/C32H30FN3O5/c1-3-40-31(38)26-21(19-11-6-5-7-12-19)17-24-27(29(26)37)25(20-13-10-16-35-18-20)28(32(39)41-4-2)30(34)36(24)23-15-9-8-14-22(23)33/h5-16,18,21,25-26H,3-4,17,34H2,1-2H3/t21-,25-,26+/m0/s1. The van der Waals surface area contributed by atoms with E-state index in [0.717, 1.165) is 5.56 Å². The summed E-state index contributed by atoms with van der Waals surface area (Å²) in [5, 5.41) is 0. The van der Waals surface area contributed by atoms with Crippen LogP contribution in [0.4, 0.5) is 10.1 Å². The number of aromatic nitrogens is 1. The van der Waals surface area contributed by atoms with Gasteiger partial charge >= 0.3 is 11.9 Å². The highest BCUT2D eigenvalue weighted by Crippen LogP contribution is 2.51. The Labute approximate surface area is 237 Å². The van der Waals surface area contributed by atoms with Crippen molar-refractivity contribution >= 4 is 23.4 Å². The van der Waals surface area contributed by atoms with E-state index in [4.69, 9.17) is 15.2 Å². The molecule has 2 N–H and O–H groups in total. The van der Waals surface area contributed by atoms with E-state index in [1.807, 2.05) is 30.3 Å². The van der Waals surface area contributed by atoms with Gasteiger partial charge in [0.05, 0.1) is 30.4 Å². The average Bonchev–Trinajstić information content (AvgIpc) is 2.98. The number of carbonyl (C=O) groups excluding carboxylic acids is 3. The van der Waals surface area contributed by atoms with E-state index in [2.05, 4.69) is 4.98 Å². The number of para-hydroxylation sites is 1. The molecule has 1 aliphatic heterocycles. The van der Waals surface area contributed by atoms with E-state index in [-0.39, 0.29) is 42.3 Å². The molecule has 2 aromatic carbocycles. The number of rotatable bonds is 7. The molecule has 0 fully saturated rings. The first-order valence-electron chi connectivity index (χ1n) is 13.5. The second-order valence-corrected chi connectivity index (χ2v) is 9.70. The Morgan fingerprint density at radius 1 is 0.976 bits per heavy atom. The number of Topliss-reactive ketones (excluding diaryl/α,β-unsaturated/α-hetero) is 1. The van der Waals surface area contributed by atoms with Gasteiger partial charge in [0.1, 0.15) is 17.6 Å². The smallest absolute Gasteiger partial charge is 0.338 e. The average molecular weight is 556 g/mol. The number of anilines is 1. The van der Waals surface area contributed by atoms with E-state index in [9.17, 15) is 14.4 Å². The fraction of sp³-hybridized carbons (Fsp3) is 0.250. The minimum Gasteiger partial charge on any atom is -0.465 e. The summed E-state index contributed by atoms with van der Waals surface area (Å²) in [5.74, 6) is -5.41. The summed E-state index contributed by atoms with van der Waals surface area (Å²) in [6, 6.07) is 18.6. The van der Waals surface area contributed by atoms with Crippen LogP contribution in [-0.4, -0.2) is 35.9 Å². The van der Waals surface area contributed by atoms with Crippen molar-refractivity contribution in [3.63, 3.8) is 0 Å². The second-order valence-electron chi connectivity index (χ2n) is 9.70. The van der Waals surface area contributed by atoms with Gasteiger partial charge in [0, 0.05) is 29.6 Å². The number of nitrogens with zero attached hydrogens (tertiary/aromatic N) is 2. The maximum atomic E-state index is 15.4. The Morgan fingerprint density at radius 2 is 1.66 bits per heavy atom. The van der Waals surface area contributed by atoms with Gasteiger partial charge < -0.3 is 15.2 Å². The molecule has 210 valence electrons. The summed E-state index contributed by atoms with van der Waals surface area (Å²) >= 11 is 0. The molecule has 1 aromatic heterocycles. The SMILES string of the molecule is CCOC(=O)C1=C(N)N(c2ccccc2F)C2=C(C(=O)[C@H](C(=O)OCC)[C@H](c3ccccc3)C2)[C@@H]1c1cccnc1. The van der Waals surface area contributed by atoms with Crippen LogP contribution in [0, 0.1) is 11.7 Å². The predicted molar refractivity (Wildman–Crippen MR) is 150 cm³/mol. The fourth-order valence-electron chi connectivity index (χ4n) is 5.74. The molecule has 0 radical (unpaired) electrons. The van der Waals surface area contributed by atoms with Crippen LogP contribution >= 0.6 is 0 Å². The lowest BCUT2D eigenvalue weighted by atomic mass is 9.67. The predicted octanol–water partition coefficient (Wildman–Crippen LogP) is 4.75. The van der Waals surface area contributed by atoms with Gasteiger partial charge in [-0.25, -0.2) is 9.18 Å². The molecule has 0 saturated carbocycles. The number of halogens is 1. The zero-order valence-electron chi connectivity index (χ0n) is 22.7. The van der Waals surface area contributed by atoms with E-state index in [1.165, 1.54) is 29.3 Å². The summed E-state index contributed by atoms with van der Waals surface area (Å²) in [7, 11) is 0. The zero-order valence-corrected chi connectivity index (χ0v) is 22.7. The highest BCUT2D eigenvalue weighted by Gasteiger charge is 2.51. The molecule has 0 spiro atoms. The Kier molecular flexibility index (Phi) is 7.96. The monoisotopic (exact) mass is 555 g/mol. The van der Waals surface area contributed by atoms with Crippen LogP contribution in [0.5, 0.6) is 0 Å². The summed E-state index contributed by atoms with van der Waals surface area (Å²) in [6.07, 6.45) is 3.26. The van der Waals surface area contributed by atoms with Crippen molar-refractivity contribution in [3.05, 3.63) is 119 Å². The number of carbonyl (C=O) groups is 3. The minimum absolute atomic E-state index is 0.0315. The second kappa shape index (κ2) is 11.8. The van der Waals surface area contributed by atoms with Gasteiger partial charge in [0.2, 0.25) is 0 Å². The normalized spacial score (nSPS) is 20.5. The molecule has 2 aliphatic rings. The topological polar surface area (TPSA) is 112 Å². The summed E-state index contributed by atoms with van der Waals surface area (Å²) < 4.78 is 26.2. The third-order valence-corrected chi connectivity index (χ3v) is 7.41. The van der Waals surface area contributed by atoms with Crippen LogP contribution in [0.15, 0.2) is 102 Å². The molecule has 8 nitrogen and oxygen atoms in total. The van der Waals surface area contributed by atoms with Crippen molar-refractivity contribution in [2.75, 3.05) is 18.1 Å². The van der Waals surface area contributed by atoms with Crippen molar-refractivity contribution in [1.82, 2.24) is 4.98 Å². The number of ether oxygens (including phenoxy) is 2. The Hall–Kier alpha value is -4.79. The van der Waals surface area contributed by atoms with Crippen LogP contribution in [-0.2, 0) is 23.9 Å². The maximum Gasteiger partial charge on any atom is 0.338 e. The van der Waals surface area contributed by atoms with Gasteiger partial charge in [0.15, 0.2) is 5.78 Å². The number of allylic oxidation sites excluding steroid dienone is 2. The fourth-order valence-corrected chi connectivity index (χ4v) is 5.74. The van der Waals surface area contributed by atoms with Crippen molar-refractivity contribution in [2.45, 2.75) is 32.1 Å². The van der Waals surface area contributed by atoms with E-state index < -0.39 is 41.3 Å². The molecule has 5 rings (SSSR count). The van der Waals surface area contributed by atoms with Gasteiger partial charge in [-0.3, -0.25) is 19.5 Å². The number of nitrogens with two attached hydrogens (primary N) is 1. The number of pyridine rings is 1. The molecular weight excluding hydrogens is 525 g/mol. The highest BCUT2D eigenvalue weighted by molar-refractivity contribution is 6.14. The van der Waals surface area contributed by atoms with Crippen LogP contribution in [0.2, 0.25) is 0 Å². The summed E-state index contributed by atoms with van der Waals surface area (Å²) in [4.78, 5) is 47.2. The van der Waals surface area contributed by atoms with Crippen LogP contribution in [0.3, 0.4) is 0 Å². The van der Waals surface area contributed by atoms with Gasteiger partial charge in [-0.2, -0.15) is 0 Å². The molecule has 0 bridgehead atoms. The Morgan fingerprint density at radius 3 is 2.32 bits per heavy atom. The molecule has 41 heavy (non-hydrogen) atoms. The molecule has 1 aliphatic carbocycles. The molecular formula is C32H30FN3O5. The van der Waals surface area contributed by atoms with E-state index in [0.29, 0.717) is 11.3 Å². The molecule has 9 heteroatoms. The third-order valence-electron chi connectivity index (χ3n) is 7.41. The van der Waals surface area contributed by atoms with Crippen molar-refractivity contribution < 1.29 is 28.2 Å². The van der Waals surface area contributed by atoms with Crippen LogP contribution in [0.25, 0.3) is 0 Å². The Bertz CT molecular complexity index is 1540. The van der Waals surface area contributed by atoms with Crippen molar-refractivity contribution in [2.24, 2.45) is 11.7 Å². The molecule has 0 unspecified atom stereocenters. The lowest BCUT2D eigenvalue weighted by molar-refractivity contribution is -0.152. The highest BCUT2D eigenvalue weighted by atomic mass is 19.1. The summed E-state index contributed by atoms with van der Waals surface area (Å²) in [5.41, 5.74) is 8.59. The summed E-state index contributed by atoms with van der Waals surface area (Å²) in [6.45, 7) is 3.47. The number of hydrogen-bond donors (Lipinski definition) is 1. The molecule has 3 aromatic rings. The minimum atomic E-state index is -1.19. The number of benzene rings is 2. The van der Waals surface area contributed by atoms with Gasteiger partial charge in [0.25, 0.3) is 0 Å². The maximum absolute atomic E-state index is 15.4. The number of esters is 2. The first-order valence-corrected chi connectivity index (χ1v) is 13.5. The lowest BCUT2D eigenvalue weighted by Crippen LogP contribution is -2.46. The number of hydrogen-bond acceptors (Lipinski definition) is 8. The van der Waals surface area contributed by atoms with Crippen LogP contribution < -0.4 is 10.6 Å². The van der Waals surface area contributed by atoms with Crippen molar-refractivity contribution in [1.29, 1.82) is 0 Å². The first-order chi connectivity index (χ1) is 19.9. The largest absolute Gasteiger partial charge is 0.465 e. The van der Waals surface area contributed by atoms with Crippen LogP contribution in [0.1, 0.15) is 43.2 Å². The Balaban J connectivity index is 1.82. The third kappa shape index (κ3) is 4.99. The van der Waals surface area contributed by atoms with E-state index >= 15 is 4.39 Å². The molecule has 0 amide bonds. The van der Waals surface area contributed by atoms with Gasteiger partial charge in [-0.05, 0) is 49.6 Å². The first kappa shape index (κ1) is 27.8. The number of ketones is 1. The molecule has 3 atom stereocenters. The van der Waals surface area contributed by atoms with E-state index in [1.54, 1.807) is 38.2 Å². The quantitative estimate of drug-likeness (QED) is 0.329. The molecule has 0 saturated heterocycles. The van der Waals surface area contributed by atoms with Gasteiger partial charge in [-0.15, -0.1) is 0 Å². The van der Waals surface area contributed by atoms with Crippen molar-refractivity contribution in [3.8, 4) is 0 Å². The van der Waals surface area contributed by atoms with Gasteiger partial charge in [-0.1, -0.05) is 48.5 Å².